The first kappa shape index (κ1) is 28.6. The van der Waals surface area contributed by atoms with Gasteiger partial charge in [0.15, 0.2) is 0 Å². The highest BCUT2D eigenvalue weighted by atomic mass is 16.5. The van der Waals surface area contributed by atoms with Crippen LogP contribution in [0.5, 0.6) is 11.5 Å². The van der Waals surface area contributed by atoms with E-state index in [0.29, 0.717) is 47.2 Å². The van der Waals surface area contributed by atoms with Gasteiger partial charge in [-0.25, -0.2) is 0 Å². The van der Waals surface area contributed by atoms with Crippen molar-refractivity contribution in [2.45, 2.75) is 0 Å². The number of hydrogen-bond donors (Lipinski definition) is 4. The van der Waals surface area contributed by atoms with E-state index in [1.807, 2.05) is 0 Å². The molecule has 0 fully saturated rings. The molecule has 202 valence electrons. The minimum Gasteiger partial charge on any atom is -0.489 e. The minimum absolute atomic E-state index is 0.0582. The fourth-order valence-electron chi connectivity index (χ4n) is 3.31. The van der Waals surface area contributed by atoms with Gasteiger partial charge in [0.1, 0.15) is 24.7 Å². The third-order valence-electron chi connectivity index (χ3n) is 5.12. The molecular formula is C28H32N2O8. The van der Waals surface area contributed by atoms with Crippen LogP contribution in [-0.2, 0) is 9.47 Å². The molecule has 0 bridgehead atoms. The van der Waals surface area contributed by atoms with Crippen LogP contribution in [0.15, 0.2) is 72.8 Å². The van der Waals surface area contributed by atoms with Crippen molar-refractivity contribution in [3.8, 4) is 11.5 Å². The number of hydrogen-bond acceptors (Lipinski definition) is 8. The smallest absolute Gasteiger partial charge is 0.255 e. The second-order valence-corrected chi connectivity index (χ2v) is 7.85. The van der Waals surface area contributed by atoms with E-state index < -0.39 is 0 Å². The molecule has 38 heavy (non-hydrogen) atoms. The number of nitrogens with one attached hydrogen (secondary N) is 2. The van der Waals surface area contributed by atoms with Crippen LogP contribution in [0.2, 0.25) is 0 Å². The first-order valence-electron chi connectivity index (χ1n) is 12.2. The van der Waals surface area contributed by atoms with Gasteiger partial charge in [-0.05, 0) is 48.5 Å². The molecule has 0 aliphatic heterocycles. The second-order valence-electron chi connectivity index (χ2n) is 7.85. The summed E-state index contributed by atoms with van der Waals surface area (Å²) in [7, 11) is 0. The van der Waals surface area contributed by atoms with Gasteiger partial charge in [0, 0.05) is 11.1 Å². The third kappa shape index (κ3) is 9.16. The van der Waals surface area contributed by atoms with E-state index in [4.69, 9.17) is 29.2 Å². The van der Waals surface area contributed by atoms with E-state index in [9.17, 15) is 9.59 Å². The maximum Gasteiger partial charge on any atom is 0.255 e. The zero-order valence-electron chi connectivity index (χ0n) is 20.9. The Balaban J connectivity index is 1.56. The van der Waals surface area contributed by atoms with E-state index in [1.165, 1.54) is 0 Å². The Hall–Kier alpha value is -3.96. The molecule has 0 saturated carbocycles. The molecule has 0 unspecified atom stereocenters. The number of anilines is 2. The van der Waals surface area contributed by atoms with E-state index in [-0.39, 0.29) is 51.5 Å². The summed E-state index contributed by atoms with van der Waals surface area (Å²) < 4.78 is 21.7. The highest BCUT2D eigenvalue weighted by Gasteiger charge is 2.13. The lowest BCUT2D eigenvalue weighted by molar-refractivity contribution is 0.0706. The third-order valence-corrected chi connectivity index (χ3v) is 5.12. The van der Waals surface area contributed by atoms with Crippen molar-refractivity contribution in [2.24, 2.45) is 0 Å². The number of aliphatic hydroxyl groups is 2. The molecule has 0 radical (unpaired) electrons. The molecule has 3 rings (SSSR count). The molecule has 0 aliphatic carbocycles. The zero-order chi connectivity index (χ0) is 27.0. The molecule has 4 N–H and O–H groups in total. The molecule has 0 aromatic heterocycles. The summed E-state index contributed by atoms with van der Waals surface area (Å²) in [5.74, 6) is 0.272. The Morgan fingerprint density at radius 2 is 0.947 bits per heavy atom. The van der Waals surface area contributed by atoms with Gasteiger partial charge < -0.3 is 39.8 Å². The number of aliphatic hydroxyl groups excluding tert-OH is 2. The molecule has 3 aromatic rings. The molecular weight excluding hydrogens is 492 g/mol. The molecule has 0 heterocycles. The SMILES string of the molecule is O=C(Nc1ccccc1OCCOCCO)c1ccc(C(=O)Nc2ccccc2OCCOCCO)cc1. The molecule has 2 amide bonds. The first-order chi connectivity index (χ1) is 18.6. The largest absolute Gasteiger partial charge is 0.489 e. The normalized spacial score (nSPS) is 10.6. The van der Waals surface area contributed by atoms with E-state index in [1.54, 1.807) is 72.8 Å². The van der Waals surface area contributed by atoms with Crippen molar-refractivity contribution in [3.63, 3.8) is 0 Å². The number of carbonyl (C=O) groups is 2. The second kappa shape index (κ2) is 16.0. The van der Waals surface area contributed by atoms with Crippen LogP contribution in [0.25, 0.3) is 0 Å². The lowest BCUT2D eigenvalue weighted by Gasteiger charge is -2.13. The van der Waals surface area contributed by atoms with Gasteiger partial charge in [-0.2, -0.15) is 0 Å². The summed E-state index contributed by atoms with van der Waals surface area (Å²) in [6, 6.07) is 20.3. The summed E-state index contributed by atoms with van der Waals surface area (Å²) in [6.45, 7) is 1.50. The van der Waals surface area contributed by atoms with Crippen LogP contribution in [0.1, 0.15) is 20.7 Å². The lowest BCUT2D eigenvalue weighted by Crippen LogP contribution is -2.16. The summed E-state index contributed by atoms with van der Waals surface area (Å²) in [5, 5.41) is 23.2. The average molecular weight is 525 g/mol. The Morgan fingerprint density at radius 1 is 0.553 bits per heavy atom. The number of benzene rings is 3. The van der Waals surface area contributed by atoms with Gasteiger partial charge in [-0.15, -0.1) is 0 Å². The van der Waals surface area contributed by atoms with Crippen LogP contribution in [-0.4, -0.2) is 74.9 Å². The summed E-state index contributed by atoms with van der Waals surface area (Å²) in [5.41, 5.74) is 1.74. The van der Waals surface area contributed by atoms with Crippen LogP contribution in [0.3, 0.4) is 0 Å². The predicted octanol–water partition coefficient (Wildman–Crippen LogP) is 2.97. The Morgan fingerprint density at radius 3 is 1.34 bits per heavy atom. The van der Waals surface area contributed by atoms with Crippen LogP contribution in [0.4, 0.5) is 11.4 Å². The highest BCUT2D eigenvalue weighted by Crippen LogP contribution is 2.26. The summed E-state index contributed by atoms with van der Waals surface area (Å²) in [4.78, 5) is 25.6. The van der Waals surface area contributed by atoms with E-state index in [2.05, 4.69) is 10.6 Å². The van der Waals surface area contributed by atoms with E-state index >= 15 is 0 Å². The predicted molar refractivity (Wildman–Crippen MR) is 142 cm³/mol. The van der Waals surface area contributed by atoms with Gasteiger partial charge in [0.05, 0.1) is 51.0 Å². The maximum absolute atomic E-state index is 12.8. The summed E-state index contributed by atoms with van der Waals surface area (Å²) >= 11 is 0. The van der Waals surface area contributed by atoms with Crippen molar-refractivity contribution in [2.75, 3.05) is 63.5 Å². The van der Waals surface area contributed by atoms with Crippen LogP contribution < -0.4 is 20.1 Å². The molecule has 10 heteroatoms. The van der Waals surface area contributed by atoms with Crippen molar-refractivity contribution >= 4 is 23.2 Å². The summed E-state index contributed by atoms with van der Waals surface area (Å²) in [6.07, 6.45) is 0. The molecule has 10 nitrogen and oxygen atoms in total. The fourth-order valence-corrected chi connectivity index (χ4v) is 3.31. The van der Waals surface area contributed by atoms with Crippen molar-refractivity contribution in [1.29, 1.82) is 0 Å². The lowest BCUT2D eigenvalue weighted by atomic mass is 10.1. The Bertz CT molecular complexity index is 1060. The highest BCUT2D eigenvalue weighted by molar-refractivity contribution is 6.07. The average Bonchev–Trinajstić information content (AvgIpc) is 2.94. The van der Waals surface area contributed by atoms with Gasteiger partial charge in [-0.1, -0.05) is 24.3 Å². The van der Waals surface area contributed by atoms with Gasteiger partial charge in [0.25, 0.3) is 11.8 Å². The van der Waals surface area contributed by atoms with Gasteiger partial charge >= 0.3 is 0 Å². The van der Waals surface area contributed by atoms with Crippen molar-refractivity contribution < 1.29 is 38.7 Å². The Kier molecular flexibility index (Phi) is 12.0. The zero-order valence-corrected chi connectivity index (χ0v) is 20.9. The minimum atomic E-state index is -0.355. The standard InChI is InChI=1S/C28H32N2O8/c31-13-15-35-17-19-37-25-7-3-1-5-23(25)29-27(33)21-9-11-22(12-10-21)28(34)30-24-6-2-4-8-26(24)38-20-18-36-16-14-32/h1-12,31-32H,13-20H2,(H,29,33)(H,30,34). The number of ether oxygens (including phenoxy) is 4. The fraction of sp³-hybridized carbons (Fsp3) is 0.286. The Labute approximate surface area is 221 Å². The molecule has 0 spiro atoms. The van der Waals surface area contributed by atoms with E-state index in [0.717, 1.165) is 0 Å². The van der Waals surface area contributed by atoms with Crippen LogP contribution in [0, 0.1) is 0 Å². The number of rotatable bonds is 16. The number of para-hydroxylation sites is 4. The molecule has 0 atom stereocenters. The maximum atomic E-state index is 12.8. The number of amides is 2. The van der Waals surface area contributed by atoms with Crippen molar-refractivity contribution in [1.82, 2.24) is 0 Å². The molecule has 3 aromatic carbocycles. The molecule has 0 saturated heterocycles. The quantitative estimate of drug-likeness (QED) is 0.210. The van der Waals surface area contributed by atoms with Gasteiger partial charge in [0.2, 0.25) is 0 Å². The first-order valence-corrected chi connectivity index (χ1v) is 12.2. The molecule has 0 aliphatic rings. The van der Waals surface area contributed by atoms with Crippen LogP contribution >= 0.6 is 0 Å². The monoisotopic (exact) mass is 524 g/mol. The topological polar surface area (TPSA) is 136 Å². The van der Waals surface area contributed by atoms with Gasteiger partial charge in [-0.3, -0.25) is 9.59 Å². The number of carbonyl (C=O) groups excluding carboxylic acids is 2. The van der Waals surface area contributed by atoms with Crippen molar-refractivity contribution in [3.05, 3.63) is 83.9 Å².